The van der Waals surface area contributed by atoms with Crippen molar-refractivity contribution in [2.24, 2.45) is 0 Å². The Morgan fingerprint density at radius 1 is 1.22 bits per heavy atom. The molecule has 3 rings (SSSR count). The Morgan fingerprint density at radius 3 is 2.67 bits per heavy atom. The van der Waals surface area contributed by atoms with Gasteiger partial charge in [0.15, 0.2) is 0 Å². The van der Waals surface area contributed by atoms with Crippen LogP contribution in [0, 0.1) is 0 Å². The SMILES string of the molecule is O=C(Cc1ccccn1)NCc1c(Cl)c(Cl)cc2cc(C(=O)O)c(=O)[nH]c12. The largest absolute Gasteiger partial charge is 0.477 e. The summed E-state index contributed by atoms with van der Waals surface area (Å²) in [5.74, 6) is -1.64. The normalized spacial score (nSPS) is 10.7. The third kappa shape index (κ3) is 4.10. The van der Waals surface area contributed by atoms with Gasteiger partial charge >= 0.3 is 5.97 Å². The van der Waals surface area contributed by atoms with Crippen LogP contribution in [0.15, 0.2) is 41.3 Å². The van der Waals surface area contributed by atoms with Gasteiger partial charge in [-0.25, -0.2) is 4.79 Å². The van der Waals surface area contributed by atoms with E-state index in [1.807, 2.05) is 0 Å². The van der Waals surface area contributed by atoms with Gasteiger partial charge in [0.05, 0.1) is 22.0 Å². The van der Waals surface area contributed by atoms with Crippen molar-refractivity contribution in [3.05, 3.63) is 73.7 Å². The summed E-state index contributed by atoms with van der Waals surface area (Å²) in [4.78, 5) is 41.9. The maximum absolute atomic E-state index is 12.2. The lowest BCUT2D eigenvalue weighted by atomic mass is 10.1. The number of aromatic amines is 1. The van der Waals surface area contributed by atoms with E-state index in [0.717, 1.165) is 0 Å². The molecule has 2 heterocycles. The number of hydrogen-bond donors (Lipinski definition) is 3. The summed E-state index contributed by atoms with van der Waals surface area (Å²) in [5, 5.41) is 12.5. The Kier molecular flexibility index (Phi) is 5.43. The van der Waals surface area contributed by atoms with Gasteiger partial charge in [0, 0.05) is 29.4 Å². The molecule has 3 N–H and O–H groups in total. The lowest BCUT2D eigenvalue weighted by Crippen LogP contribution is -2.26. The number of fused-ring (bicyclic) bond motifs is 1. The first kappa shape index (κ1) is 18.9. The second-order valence-corrected chi connectivity index (χ2v) is 6.49. The van der Waals surface area contributed by atoms with Crippen LogP contribution in [0.25, 0.3) is 10.9 Å². The molecule has 0 aliphatic rings. The van der Waals surface area contributed by atoms with Crippen LogP contribution in [0.1, 0.15) is 21.6 Å². The van der Waals surface area contributed by atoms with Crippen LogP contribution >= 0.6 is 23.2 Å². The van der Waals surface area contributed by atoms with Crippen LogP contribution in [0.4, 0.5) is 0 Å². The summed E-state index contributed by atoms with van der Waals surface area (Å²) in [6, 6.07) is 7.94. The third-order valence-electron chi connectivity index (χ3n) is 3.89. The molecule has 0 aliphatic heterocycles. The number of carbonyl (C=O) groups is 2. The number of hydrogen-bond acceptors (Lipinski definition) is 4. The van der Waals surface area contributed by atoms with Crippen molar-refractivity contribution in [1.29, 1.82) is 0 Å². The summed E-state index contributed by atoms with van der Waals surface area (Å²) in [6.07, 6.45) is 1.67. The van der Waals surface area contributed by atoms with E-state index in [9.17, 15) is 14.4 Å². The minimum Gasteiger partial charge on any atom is -0.477 e. The highest BCUT2D eigenvalue weighted by Crippen LogP contribution is 2.32. The average molecular weight is 406 g/mol. The highest BCUT2D eigenvalue weighted by molar-refractivity contribution is 6.43. The van der Waals surface area contributed by atoms with E-state index in [2.05, 4.69) is 15.3 Å². The summed E-state index contributed by atoms with van der Waals surface area (Å²) in [6.45, 7) is 0.00389. The smallest absolute Gasteiger partial charge is 0.341 e. The van der Waals surface area contributed by atoms with Gasteiger partial charge in [-0.2, -0.15) is 0 Å². The Bertz CT molecular complexity index is 1100. The fourth-order valence-electron chi connectivity index (χ4n) is 2.61. The Balaban J connectivity index is 1.92. The molecule has 0 atom stereocenters. The number of aromatic carboxylic acids is 1. The number of benzene rings is 1. The van der Waals surface area contributed by atoms with Crippen molar-refractivity contribution < 1.29 is 14.7 Å². The van der Waals surface area contributed by atoms with Crippen molar-refractivity contribution in [2.75, 3.05) is 0 Å². The summed E-state index contributed by atoms with van der Waals surface area (Å²) < 4.78 is 0. The minimum absolute atomic E-state index is 0.00389. The molecule has 27 heavy (non-hydrogen) atoms. The molecule has 0 spiro atoms. The molecule has 0 bridgehead atoms. The second kappa shape index (κ2) is 7.77. The number of halogens is 2. The van der Waals surface area contributed by atoms with Crippen molar-refractivity contribution in [3.63, 3.8) is 0 Å². The molecule has 0 fully saturated rings. The Hall–Kier alpha value is -2.90. The monoisotopic (exact) mass is 405 g/mol. The van der Waals surface area contributed by atoms with E-state index in [1.54, 1.807) is 24.4 Å². The number of amides is 1. The average Bonchev–Trinajstić information content (AvgIpc) is 2.63. The first-order chi connectivity index (χ1) is 12.9. The Morgan fingerprint density at radius 2 is 2.00 bits per heavy atom. The number of carboxylic acids is 1. The maximum Gasteiger partial charge on any atom is 0.341 e. The molecule has 0 saturated heterocycles. The van der Waals surface area contributed by atoms with Crippen LogP contribution < -0.4 is 10.9 Å². The third-order valence-corrected chi connectivity index (χ3v) is 4.72. The van der Waals surface area contributed by atoms with Crippen molar-refractivity contribution in [2.45, 2.75) is 13.0 Å². The van der Waals surface area contributed by atoms with Gasteiger partial charge in [-0.3, -0.25) is 14.6 Å². The number of nitrogens with zero attached hydrogens (tertiary/aromatic N) is 1. The van der Waals surface area contributed by atoms with Crippen LogP contribution in [0.2, 0.25) is 10.0 Å². The number of carboxylic acid groups (broad SMARTS) is 1. The molecule has 2 aromatic heterocycles. The molecule has 0 aliphatic carbocycles. The molecule has 0 saturated carbocycles. The van der Waals surface area contributed by atoms with Crippen molar-refractivity contribution in [3.8, 4) is 0 Å². The van der Waals surface area contributed by atoms with E-state index in [-0.39, 0.29) is 28.9 Å². The van der Waals surface area contributed by atoms with Crippen LogP contribution in [0.5, 0.6) is 0 Å². The molecule has 1 aromatic carbocycles. The number of H-pyrrole nitrogens is 1. The minimum atomic E-state index is -1.35. The number of nitrogens with one attached hydrogen (secondary N) is 2. The summed E-state index contributed by atoms with van der Waals surface area (Å²) in [5.41, 5.74) is 0.136. The molecule has 3 aromatic rings. The molecule has 1 amide bonds. The lowest BCUT2D eigenvalue weighted by Gasteiger charge is -2.12. The number of rotatable bonds is 5. The van der Waals surface area contributed by atoms with E-state index in [0.29, 0.717) is 22.2 Å². The van der Waals surface area contributed by atoms with E-state index in [1.165, 1.54) is 12.1 Å². The maximum atomic E-state index is 12.2. The van der Waals surface area contributed by atoms with E-state index < -0.39 is 17.1 Å². The first-order valence-electron chi connectivity index (χ1n) is 7.80. The molecule has 0 radical (unpaired) electrons. The zero-order valence-corrected chi connectivity index (χ0v) is 15.3. The first-order valence-corrected chi connectivity index (χ1v) is 8.56. The molecule has 9 heteroatoms. The molecule has 138 valence electrons. The highest BCUT2D eigenvalue weighted by atomic mass is 35.5. The molecular weight excluding hydrogens is 393 g/mol. The number of aromatic nitrogens is 2. The lowest BCUT2D eigenvalue weighted by molar-refractivity contribution is -0.120. The van der Waals surface area contributed by atoms with E-state index >= 15 is 0 Å². The fourth-order valence-corrected chi connectivity index (χ4v) is 3.05. The van der Waals surface area contributed by atoms with Gasteiger partial charge in [0.1, 0.15) is 5.56 Å². The standard InChI is InChI=1S/C18H13Cl2N3O4/c19-13-6-9-5-11(18(26)27)17(25)23-16(9)12(15(13)20)8-22-14(24)7-10-3-1-2-4-21-10/h1-6H,7-8H2,(H,22,24)(H,23,25)(H,26,27). The van der Waals surface area contributed by atoms with Gasteiger partial charge in [-0.05, 0) is 24.3 Å². The number of pyridine rings is 2. The summed E-state index contributed by atoms with van der Waals surface area (Å²) in [7, 11) is 0. The van der Waals surface area contributed by atoms with Crippen LogP contribution in [-0.4, -0.2) is 27.0 Å². The fraction of sp³-hybridized carbons (Fsp3) is 0.111. The zero-order chi connectivity index (χ0) is 19.6. The van der Waals surface area contributed by atoms with Gasteiger partial charge in [-0.1, -0.05) is 29.3 Å². The molecule has 7 nitrogen and oxygen atoms in total. The predicted molar refractivity (Wildman–Crippen MR) is 101 cm³/mol. The highest BCUT2D eigenvalue weighted by Gasteiger charge is 2.17. The van der Waals surface area contributed by atoms with Crippen LogP contribution in [0.3, 0.4) is 0 Å². The topological polar surface area (TPSA) is 112 Å². The van der Waals surface area contributed by atoms with Gasteiger partial charge < -0.3 is 15.4 Å². The molecular formula is C18H13Cl2N3O4. The van der Waals surface area contributed by atoms with E-state index in [4.69, 9.17) is 28.3 Å². The van der Waals surface area contributed by atoms with Crippen LogP contribution in [-0.2, 0) is 17.8 Å². The zero-order valence-electron chi connectivity index (χ0n) is 13.8. The summed E-state index contributed by atoms with van der Waals surface area (Å²) >= 11 is 12.4. The molecule has 0 unspecified atom stereocenters. The van der Waals surface area contributed by atoms with Crippen molar-refractivity contribution in [1.82, 2.24) is 15.3 Å². The Labute approximate surface area is 163 Å². The van der Waals surface area contributed by atoms with Gasteiger partial charge in [0.25, 0.3) is 5.56 Å². The van der Waals surface area contributed by atoms with Crippen molar-refractivity contribution >= 4 is 46.0 Å². The number of carbonyl (C=O) groups excluding carboxylic acids is 1. The van der Waals surface area contributed by atoms with Gasteiger partial charge in [0.2, 0.25) is 5.91 Å². The second-order valence-electron chi connectivity index (χ2n) is 5.71. The quantitative estimate of drug-likeness (QED) is 0.603. The van der Waals surface area contributed by atoms with Gasteiger partial charge in [-0.15, -0.1) is 0 Å². The predicted octanol–water partition coefficient (Wildman–Crippen LogP) is 2.79.